The Morgan fingerprint density at radius 2 is 1.95 bits per heavy atom. The lowest BCUT2D eigenvalue weighted by molar-refractivity contribution is 0.423. The molecule has 5 nitrogen and oxygen atoms in total. The molecule has 0 amide bonds. The van der Waals surface area contributed by atoms with Gasteiger partial charge in [0.2, 0.25) is 5.82 Å². The van der Waals surface area contributed by atoms with Gasteiger partial charge >= 0.3 is 0 Å². The molecule has 0 saturated carbocycles. The van der Waals surface area contributed by atoms with Gasteiger partial charge in [0.25, 0.3) is 5.89 Å². The smallest absolute Gasteiger partial charge is 0.280 e. The Labute approximate surface area is 123 Å². The molecule has 0 aliphatic carbocycles. The van der Waals surface area contributed by atoms with Crippen LogP contribution < -0.4 is 0 Å². The second-order valence-corrected chi connectivity index (χ2v) is 4.74. The Kier molecular flexibility index (Phi) is 3.30. The molecular weight excluding hydrogens is 301 g/mol. The zero-order chi connectivity index (χ0) is 14.1. The molecule has 0 aliphatic heterocycles. The molecule has 7 heteroatoms. The number of hydrogen-bond acceptors (Lipinski definition) is 5. The number of rotatable bonds is 2. The second-order valence-electron chi connectivity index (χ2n) is 3.92. The predicted octanol–water partition coefficient (Wildman–Crippen LogP) is 3.81. The first-order valence-electron chi connectivity index (χ1n) is 5.58. The fraction of sp³-hybridized carbons (Fsp3) is 0. The van der Waals surface area contributed by atoms with Gasteiger partial charge in [-0.2, -0.15) is 4.98 Å². The van der Waals surface area contributed by atoms with Gasteiger partial charge < -0.3 is 9.63 Å². The molecule has 0 bridgehead atoms. The van der Waals surface area contributed by atoms with E-state index in [4.69, 9.17) is 27.7 Å². The number of aromatic hydroxyl groups is 1. The molecule has 2 heterocycles. The van der Waals surface area contributed by atoms with Gasteiger partial charge in [0, 0.05) is 11.8 Å². The Morgan fingerprint density at radius 3 is 2.70 bits per heavy atom. The lowest BCUT2D eigenvalue weighted by atomic mass is 10.2. The molecular formula is C13H7Cl2N3O2. The summed E-state index contributed by atoms with van der Waals surface area (Å²) in [6.07, 6.45) is 1.53. The van der Waals surface area contributed by atoms with Crippen molar-refractivity contribution in [3.05, 3.63) is 46.6 Å². The monoisotopic (exact) mass is 307 g/mol. The minimum atomic E-state index is -0.0307. The summed E-state index contributed by atoms with van der Waals surface area (Å²) in [5, 5.41) is 14.4. The molecule has 0 spiro atoms. The minimum absolute atomic E-state index is 0.0307. The molecule has 0 fully saturated rings. The van der Waals surface area contributed by atoms with Gasteiger partial charge in [-0.3, -0.25) is 0 Å². The summed E-state index contributed by atoms with van der Waals surface area (Å²) >= 11 is 11.8. The van der Waals surface area contributed by atoms with Crippen LogP contribution in [0.15, 0.2) is 41.1 Å². The van der Waals surface area contributed by atoms with Crippen LogP contribution in [0.1, 0.15) is 0 Å². The molecule has 1 N–H and O–H groups in total. The Balaban J connectivity index is 2.02. The average molecular weight is 308 g/mol. The van der Waals surface area contributed by atoms with E-state index >= 15 is 0 Å². The van der Waals surface area contributed by atoms with Gasteiger partial charge in [0.15, 0.2) is 5.69 Å². The summed E-state index contributed by atoms with van der Waals surface area (Å²) in [5.41, 5.74) is 0.885. The highest BCUT2D eigenvalue weighted by Gasteiger charge is 2.15. The normalized spacial score (nSPS) is 10.7. The Morgan fingerprint density at radius 1 is 1.10 bits per heavy atom. The van der Waals surface area contributed by atoms with E-state index in [1.165, 1.54) is 12.3 Å². The van der Waals surface area contributed by atoms with Crippen LogP contribution in [0.4, 0.5) is 0 Å². The van der Waals surface area contributed by atoms with E-state index in [1.807, 2.05) is 0 Å². The Bertz CT molecular complexity index is 774. The topological polar surface area (TPSA) is 72.0 Å². The summed E-state index contributed by atoms with van der Waals surface area (Å²) < 4.78 is 5.10. The molecule has 3 rings (SSSR count). The number of benzene rings is 1. The number of hydrogen-bond donors (Lipinski definition) is 1. The fourth-order valence-corrected chi connectivity index (χ4v) is 1.93. The largest absolute Gasteiger partial charge is 0.505 e. The highest BCUT2D eigenvalue weighted by atomic mass is 35.5. The third-order valence-corrected chi connectivity index (χ3v) is 3.33. The first-order valence-corrected chi connectivity index (χ1v) is 6.34. The Hall–Kier alpha value is -2.11. The maximum Gasteiger partial charge on any atom is 0.280 e. The number of nitrogens with zero attached hydrogens (tertiary/aromatic N) is 3. The van der Waals surface area contributed by atoms with Crippen molar-refractivity contribution >= 4 is 23.2 Å². The van der Waals surface area contributed by atoms with Crippen LogP contribution >= 0.6 is 23.2 Å². The zero-order valence-electron chi connectivity index (χ0n) is 9.92. The number of aromatic nitrogens is 3. The van der Waals surface area contributed by atoms with Gasteiger partial charge in [-0.25, -0.2) is 4.98 Å². The molecule has 0 unspecified atom stereocenters. The molecule has 0 saturated heterocycles. The van der Waals surface area contributed by atoms with Crippen molar-refractivity contribution in [1.82, 2.24) is 15.1 Å². The van der Waals surface area contributed by atoms with Crippen molar-refractivity contribution in [3.8, 4) is 28.7 Å². The van der Waals surface area contributed by atoms with E-state index in [0.29, 0.717) is 21.4 Å². The van der Waals surface area contributed by atoms with Gasteiger partial charge in [0.05, 0.1) is 10.0 Å². The SMILES string of the molecule is Oc1cccnc1-c1nc(-c2ccc(Cl)c(Cl)c2)no1. The zero-order valence-corrected chi connectivity index (χ0v) is 11.4. The third-order valence-electron chi connectivity index (χ3n) is 2.59. The lowest BCUT2D eigenvalue weighted by Crippen LogP contribution is -1.84. The molecule has 20 heavy (non-hydrogen) atoms. The first-order chi connectivity index (χ1) is 9.65. The first kappa shape index (κ1) is 12.9. The van der Waals surface area contributed by atoms with Gasteiger partial charge in [-0.1, -0.05) is 28.4 Å². The van der Waals surface area contributed by atoms with E-state index in [1.54, 1.807) is 24.3 Å². The van der Waals surface area contributed by atoms with Crippen LogP contribution in [0.3, 0.4) is 0 Å². The van der Waals surface area contributed by atoms with E-state index in [2.05, 4.69) is 15.1 Å². The van der Waals surface area contributed by atoms with Crippen LogP contribution in [0.5, 0.6) is 5.75 Å². The maximum atomic E-state index is 9.70. The van der Waals surface area contributed by atoms with Crippen LogP contribution in [0.25, 0.3) is 23.0 Å². The fourth-order valence-electron chi connectivity index (χ4n) is 1.63. The number of pyridine rings is 1. The van der Waals surface area contributed by atoms with Crippen LogP contribution in [0, 0.1) is 0 Å². The van der Waals surface area contributed by atoms with E-state index in [0.717, 1.165) is 0 Å². The standard InChI is InChI=1S/C13H7Cl2N3O2/c14-8-4-3-7(6-9(8)15)12-17-13(20-18-12)11-10(19)2-1-5-16-11/h1-6,19H. The minimum Gasteiger partial charge on any atom is -0.505 e. The van der Waals surface area contributed by atoms with Crippen LogP contribution in [-0.2, 0) is 0 Å². The summed E-state index contributed by atoms with van der Waals surface area (Å²) in [7, 11) is 0. The van der Waals surface area contributed by atoms with E-state index in [9.17, 15) is 5.11 Å². The third kappa shape index (κ3) is 2.33. The molecule has 1 aromatic carbocycles. The second kappa shape index (κ2) is 5.11. The van der Waals surface area contributed by atoms with Crippen molar-refractivity contribution < 1.29 is 9.63 Å². The van der Waals surface area contributed by atoms with Crippen molar-refractivity contribution in [2.45, 2.75) is 0 Å². The molecule has 100 valence electrons. The van der Waals surface area contributed by atoms with Gasteiger partial charge in [0.1, 0.15) is 5.75 Å². The summed E-state index contributed by atoms with van der Waals surface area (Å²) in [4.78, 5) is 8.17. The summed E-state index contributed by atoms with van der Waals surface area (Å²) in [6, 6.07) is 8.10. The highest BCUT2D eigenvalue weighted by molar-refractivity contribution is 6.42. The van der Waals surface area contributed by atoms with Crippen molar-refractivity contribution in [3.63, 3.8) is 0 Å². The average Bonchev–Trinajstić information content (AvgIpc) is 2.92. The van der Waals surface area contributed by atoms with Gasteiger partial charge in [-0.05, 0) is 30.3 Å². The summed E-state index contributed by atoms with van der Waals surface area (Å²) in [6.45, 7) is 0. The quantitative estimate of drug-likeness (QED) is 0.779. The molecule has 2 aromatic heterocycles. The van der Waals surface area contributed by atoms with Gasteiger partial charge in [-0.15, -0.1) is 0 Å². The molecule has 0 aliphatic rings. The predicted molar refractivity (Wildman–Crippen MR) is 74.6 cm³/mol. The lowest BCUT2D eigenvalue weighted by Gasteiger charge is -1.97. The van der Waals surface area contributed by atoms with Crippen molar-refractivity contribution in [2.24, 2.45) is 0 Å². The molecule has 0 atom stereocenters. The van der Waals surface area contributed by atoms with Crippen LogP contribution in [0.2, 0.25) is 10.0 Å². The number of halogens is 2. The molecule has 0 radical (unpaired) electrons. The van der Waals surface area contributed by atoms with Crippen LogP contribution in [-0.4, -0.2) is 20.2 Å². The molecule has 3 aromatic rings. The maximum absolute atomic E-state index is 9.70. The van der Waals surface area contributed by atoms with E-state index < -0.39 is 0 Å². The van der Waals surface area contributed by atoms with Crippen molar-refractivity contribution in [1.29, 1.82) is 0 Å². The summed E-state index contributed by atoms with van der Waals surface area (Å²) in [5.74, 6) is 0.435. The van der Waals surface area contributed by atoms with E-state index in [-0.39, 0.29) is 17.3 Å². The highest BCUT2D eigenvalue weighted by Crippen LogP contribution is 2.30. The van der Waals surface area contributed by atoms with Crippen molar-refractivity contribution in [2.75, 3.05) is 0 Å².